The third kappa shape index (κ3) is 7.29. The zero-order valence-electron chi connectivity index (χ0n) is 14.7. The lowest BCUT2D eigenvalue weighted by atomic mass is 9.80. The van der Waals surface area contributed by atoms with Crippen LogP contribution in [0.5, 0.6) is 5.75 Å². The highest BCUT2D eigenvalue weighted by Crippen LogP contribution is 2.28. The molecule has 0 saturated heterocycles. The van der Waals surface area contributed by atoms with E-state index < -0.39 is 23.8 Å². The van der Waals surface area contributed by atoms with Crippen molar-refractivity contribution in [2.24, 2.45) is 11.3 Å². The van der Waals surface area contributed by atoms with Gasteiger partial charge in [0.1, 0.15) is 5.60 Å². The lowest BCUT2D eigenvalue weighted by molar-refractivity contribution is 0.0465. The molecule has 6 nitrogen and oxygen atoms in total. The van der Waals surface area contributed by atoms with Crippen LogP contribution in [0.2, 0.25) is 5.28 Å². The third-order valence-electron chi connectivity index (χ3n) is 3.39. The summed E-state index contributed by atoms with van der Waals surface area (Å²) in [6.07, 6.45) is 2.34. The van der Waals surface area contributed by atoms with Gasteiger partial charge in [0, 0.05) is 17.9 Å². The molecule has 1 aromatic heterocycles. The van der Waals surface area contributed by atoms with Gasteiger partial charge in [-0.1, -0.05) is 13.8 Å². The average Bonchev–Trinajstić information content (AvgIpc) is 2.47. The Labute approximate surface area is 147 Å². The number of hydrogen-bond acceptors (Lipinski definition) is 5. The van der Waals surface area contributed by atoms with Crippen molar-refractivity contribution in [3.8, 4) is 5.75 Å². The van der Waals surface area contributed by atoms with Crippen LogP contribution in [0.4, 0.5) is 9.18 Å². The molecule has 1 heterocycles. The Balaban J connectivity index is 2.64. The Morgan fingerprint density at radius 2 is 1.88 bits per heavy atom. The second-order valence-corrected chi connectivity index (χ2v) is 7.54. The van der Waals surface area contributed by atoms with Crippen LogP contribution in [-0.4, -0.2) is 41.5 Å². The second-order valence-electron chi connectivity index (χ2n) is 7.20. The van der Waals surface area contributed by atoms with Crippen molar-refractivity contribution < 1.29 is 18.7 Å². The van der Waals surface area contributed by atoms with Gasteiger partial charge in [-0.15, -0.1) is 0 Å². The predicted molar refractivity (Wildman–Crippen MR) is 90.0 cm³/mol. The van der Waals surface area contributed by atoms with E-state index in [2.05, 4.69) is 15.3 Å². The minimum atomic E-state index is -0.678. The summed E-state index contributed by atoms with van der Waals surface area (Å²) in [6.45, 7) is 8.75. The minimum absolute atomic E-state index is 0.120. The molecule has 0 fully saturated rings. The van der Waals surface area contributed by atoms with Gasteiger partial charge in [0.15, 0.2) is 5.75 Å². The molecule has 1 aromatic rings. The summed E-state index contributed by atoms with van der Waals surface area (Å²) in [6, 6.07) is 0. The van der Waals surface area contributed by atoms with Gasteiger partial charge >= 0.3 is 6.09 Å². The number of amides is 1. The van der Waals surface area contributed by atoms with Gasteiger partial charge in [0.2, 0.25) is 5.28 Å². The number of halogens is 2. The van der Waals surface area contributed by atoms with E-state index in [1.54, 1.807) is 34.6 Å². The van der Waals surface area contributed by atoms with E-state index >= 15 is 0 Å². The number of carbonyl (C=O) groups is 1. The summed E-state index contributed by atoms with van der Waals surface area (Å²) in [7, 11) is 0. The fraction of sp³-hybridized carbons (Fsp3) is 0.688. The first-order valence-corrected chi connectivity index (χ1v) is 8.04. The maximum Gasteiger partial charge on any atom is 0.407 e. The highest BCUT2D eigenvalue weighted by molar-refractivity contribution is 6.28. The van der Waals surface area contributed by atoms with Gasteiger partial charge in [0.05, 0.1) is 25.7 Å². The van der Waals surface area contributed by atoms with E-state index in [-0.39, 0.29) is 24.4 Å². The molecular weight excluding hydrogens is 337 g/mol. The highest BCUT2D eigenvalue weighted by atomic mass is 35.5. The molecule has 8 heteroatoms. The molecule has 0 aromatic carbocycles. The zero-order valence-corrected chi connectivity index (χ0v) is 15.5. The van der Waals surface area contributed by atoms with Gasteiger partial charge in [-0.3, -0.25) is 4.39 Å². The molecule has 0 aliphatic carbocycles. The summed E-state index contributed by atoms with van der Waals surface area (Å²) in [5.74, 6) is 0.155. The van der Waals surface area contributed by atoms with Crippen LogP contribution in [0.3, 0.4) is 0 Å². The maximum atomic E-state index is 13.4. The number of alkyl carbamates (subject to hydrolysis) is 1. The van der Waals surface area contributed by atoms with E-state index in [1.807, 2.05) is 0 Å². The number of carbonyl (C=O) groups excluding carboxylic acids is 1. The van der Waals surface area contributed by atoms with Gasteiger partial charge < -0.3 is 14.8 Å². The van der Waals surface area contributed by atoms with E-state index in [1.165, 1.54) is 12.4 Å². The molecule has 0 aliphatic rings. The molecule has 1 atom stereocenters. The van der Waals surface area contributed by atoms with Crippen LogP contribution in [0, 0.1) is 11.3 Å². The number of nitrogens with one attached hydrogen (secondary N) is 1. The van der Waals surface area contributed by atoms with Crippen molar-refractivity contribution in [1.29, 1.82) is 0 Å². The van der Waals surface area contributed by atoms with E-state index in [9.17, 15) is 9.18 Å². The smallest absolute Gasteiger partial charge is 0.407 e. The van der Waals surface area contributed by atoms with Crippen LogP contribution in [0.1, 0.15) is 34.6 Å². The SMILES string of the molecule is CC(C)(C)OC(=O)NCC(COc1cnc(Cl)nc1)C(C)(C)CF. The molecule has 1 N–H and O–H groups in total. The predicted octanol–water partition coefficient (Wildman–Crippen LogP) is 3.65. The second kappa shape index (κ2) is 8.46. The summed E-state index contributed by atoms with van der Waals surface area (Å²) in [4.78, 5) is 19.4. The maximum absolute atomic E-state index is 13.4. The van der Waals surface area contributed by atoms with Crippen LogP contribution in [0.15, 0.2) is 12.4 Å². The Hall–Kier alpha value is -1.63. The van der Waals surface area contributed by atoms with Gasteiger partial charge in [-0.05, 0) is 32.4 Å². The minimum Gasteiger partial charge on any atom is -0.490 e. The number of ether oxygens (including phenoxy) is 2. The molecule has 1 unspecified atom stereocenters. The van der Waals surface area contributed by atoms with E-state index in [4.69, 9.17) is 21.1 Å². The third-order valence-corrected chi connectivity index (χ3v) is 3.58. The average molecular weight is 362 g/mol. The van der Waals surface area contributed by atoms with Crippen LogP contribution in [0.25, 0.3) is 0 Å². The van der Waals surface area contributed by atoms with Gasteiger partial charge in [-0.25, -0.2) is 14.8 Å². The monoisotopic (exact) mass is 361 g/mol. The van der Waals surface area contributed by atoms with Crippen molar-refractivity contribution in [2.45, 2.75) is 40.2 Å². The Morgan fingerprint density at radius 3 is 2.38 bits per heavy atom. The number of aromatic nitrogens is 2. The topological polar surface area (TPSA) is 73.3 Å². The molecular formula is C16H25ClFN3O3. The Kier molecular flexibility index (Phi) is 7.20. The molecule has 0 spiro atoms. The van der Waals surface area contributed by atoms with E-state index in [0.717, 1.165) is 0 Å². The molecule has 1 amide bonds. The fourth-order valence-corrected chi connectivity index (χ4v) is 1.86. The number of hydrogen-bond donors (Lipinski definition) is 1. The highest BCUT2D eigenvalue weighted by Gasteiger charge is 2.31. The van der Waals surface area contributed by atoms with Crippen LogP contribution in [-0.2, 0) is 4.74 Å². The quantitative estimate of drug-likeness (QED) is 0.750. The molecule has 24 heavy (non-hydrogen) atoms. The molecule has 0 aliphatic heterocycles. The first kappa shape index (κ1) is 20.4. The first-order chi connectivity index (χ1) is 11.0. The molecule has 0 bridgehead atoms. The summed E-state index contributed by atoms with van der Waals surface area (Å²) < 4.78 is 24.1. The Bertz CT molecular complexity index is 532. The molecule has 1 rings (SSSR count). The lowest BCUT2D eigenvalue weighted by Crippen LogP contribution is -2.42. The van der Waals surface area contributed by atoms with Crippen LogP contribution < -0.4 is 10.1 Å². The van der Waals surface area contributed by atoms with Crippen molar-refractivity contribution >= 4 is 17.7 Å². The number of rotatable bonds is 7. The van der Waals surface area contributed by atoms with Crippen molar-refractivity contribution in [1.82, 2.24) is 15.3 Å². The number of nitrogens with zero attached hydrogens (tertiary/aromatic N) is 2. The van der Waals surface area contributed by atoms with Gasteiger partial charge in [0.25, 0.3) is 0 Å². The summed E-state index contributed by atoms with van der Waals surface area (Å²) >= 11 is 5.62. The van der Waals surface area contributed by atoms with Crippen molar-refractivity contribution in [3.63, 3.8) is 0 Å². The Morgan fingerprint density at radius 1 is 1.29 bits per heavy atom. The molecule has 136 valence electrons. The number of alkyl halides is 1. The van der Waals surface area contributed by atoms with Crippen molar-refractivity contribution in [2.75, 3.05) is 19.8 Å². The lowest BCUT2D eigenvalue weighted by Gasteiger charge is -2.32. The molecule has 0 radical (unpaired) electrons. The normalized spacial score (nSPS) is 13.3. The molecule has 0 saturated carbocycles. The van der Waals surface area contributed by atoms with Crippen molar-refractivity contribution in [3.05, 3.63) is 17.7 Å². The largest absolute Gasteiger partial charge is 0.490 e. The first-order valence-electron chi connectivity index (χ1n) is 7.66. The van der Waals surface area contributed by atoms with Crippen LogP contribution >= 0.6 is 11.6 Å². The summed E-state index contributed by atoms with van der Waals surface area (Å²) in [5.41, 5.74) is -1.27. The zero-order chi connectivity index (χ0) is 18.4. The standard InChI is InChI=1S/C16H25ClFN3O3/c1-15(2,3)24-14(22)21-6-11(16(4,5)10-18)9-23-12-7-19-13(17)20-8-12/h7-8,11H,6,9-10H2,1-5H3,(H,21,22). The fourth-order valence-electron chi connectivity index (χ4n) is 1.76. The summed E-state index contributed by atoms with van der Waals surface area (Å²) in [5, 5.41) is 2.78. The van der Waals surface area contributed by atoms with E-state index in [0.29, 0.717) is 5.75 Å². The van der Waals surface area contributed by atoms with Gasteiger partial charge in [-0.2, -0.15) is 0 Å².